The molecule has 2 heterocycles. The third kappa shape index (κ3) is 4.67. The highest BCUT2D eigenvalue weighted by molar-refractivity contribution is 9.10. The van der Waals surface area contributed by atoms with E-state index in [1.807, 2.05) is 0 Å². The summed E-state index contributed by atoms with van der Waals surface area (Å²) in [6, 6.07) is 6.69. The van der Waals surface area contributed by atoms with E-state index in [9.17, 15) is 33.0 Å². The van der Waals surface area contributed by atoms with Gasteiger partial charge in [-0.3, -0.25) is 0 Å². The van der Waals surface area contributed by atoms with Crippen molar-refractivity contribution in [2.45, 2.75) is 34.7 Å². The molecule has 0 aliphatic carbocycles. The highest BCUT2D eigenvalue weighted by Gasteiger charge is 2.51. The summed E-state index contributed by atoms with van der Waals surface area (Å²) in [5.41, 5.74) is -1.54. The smallest absolute Gasteiger partial charge is 0.250 e. The minimum Gasteiger partial charge on any atom is -0.609 e. The molecule has 0 radical (unpaired) electrons. The lowest BCUT2D eigenvalue weighted by molar-refractivity contribution is -0.180. The average Bonchev–Trinajstić information content (AvgIpc) is 3.27. The standard InChI is InChI=1S/C20H17BrF3N3O5S/c21-10-2-1-3-11(6-10)33(31)20-19(30)17(18(29)15(8-28)32-20)27-7-14(25-26-27)9-4-12(22)16(24)13(23)5-9/h1-7,15,17-20,28-30H,8H2. The Kier molecular flexibility index (Phi) is 7.09. The van der Waals surface area contributed by atoms with Gasteiger partial charge in [0.05, 0.1) is 12.8 Å². The van der Waals surface area contributed by atoms with Crippen molar-refractivity contribution >= 4 is 27.1 Å². The van der Waals surface area contributed by atoms with Crippen molar-refractivity contribution in [3.63, 3.8) is 0 Å². The van der Waals surface area contributed by atoms with Gasteiger partial charge in [0.2, 0.25) is 5.44 Å². The van der Waals surface area contributed by atoms with Crippen LogP contribution in [0.3, 0.4) is 0 Å². The topological polar surface area (TPSA) is 124 Å². The highest BCUT2D eigenvalue weighted by Crippen LogP contribution is 2.35. The largest absolute Gasteiger partial charge is 0.609 e. The summed E-state index contributed by atoms with van der Waals surface area (Å²) >= 11 is 1.37. The minimum absolute atomic E-state index is 0.0658. The Morgan fingerprint density at radius 3 is 2.45 bits per heavy atom. The Morgan fingerprint density at radius 1 is 1.12 bits per heavy atom. The lowest BCUT2D eigenvalue weighted by Gasteiger charge is -2.41. The number of ether oxygens (including phenoxy) is 1. The fourth-order valence-electron chi connectivity index (χ4n) is 3.54. The quantitative estimate of drug-likeness (QED) is 0.329. The first-order chi connectivity index (χ1) is 15.7. The number of aliphatic hydroxyl groups is 3. The molecule has 1 fully saturated rings. The fourth-order valence-corrected chi connectivity index (χ4v) is 5.47. The van der Waals surface area contributed by atoms with E-state index >= 15 is 0 Å². The van der Waals surface area contributed by atoms with E-state index in [4.69, 9.17) is 4.74 Å². The van der Waals surface area contributed by atoms with Crippen LogP contribution < -0.4 is 0 Å². The second-order valence-electron chi connectivity index (χ2n) is 7.29. The van der Waals surface area contributed by atoms with Crippen LogP contribution in [-0.2, 0) is 15.9 Å². The molecule has 4 rings (SSSR count). The molecule has 1 saturated heterocycles. The molecular weight excluding hydrogens is 531 g/mol. The summed E-state index contributed by atoms with van der Waals surface area (Å²) < 4.78 is 60.8. The van der Waals surface area contributed by atoms with Crippen LogP contribution in [0.4, 0.5) is 13.2 Å². The van der Waals surface area contributed by atoms with Crippen molar-refractivity contribution in [3.8, 4) is 11.3 Å². The molecule has 1 aliphatic rings. The third-order valence-electron chi connectivity index (χ3n) is 5.18. The molecular formula is C20H17BrF3N3O5S. The predicted octanol–water partition coefficient (Wildman–Crippen LogP) is 1.91. The maximum Gasteiger partial charge on any atom is 0.250 e. The van der Waals surface area contributed by atoms with Crippen LogP contribution in [0, 0.1) is 17.5 Å². The zero-order chi connectivity index (χ0) is 23.9. The molecule has 0 saturated carbocycles. The monoisotopic (exact) mass is 547 g/mol. The minimum atomic E-state index is -1.91. The molecule has 6 unspecified atom stereocenters. The second kappa shape index (κ2) is 9.70. The third-order valence-corrected chi connectivity index (χ3v) is 7.21. The van der Waals surface area contributed by atoms with E-state index in [1.54, 1.807) is 24.3 Å². The van der Waals surface area contributed by atoms with Gasteiger partial charge in [-0.05, 0) is 24.3 Å². The second-order valence-corrected chi connectivity index (χ2v) is 9.74. The Labute approximate surface area is 196 Å². The predicted molar refractivity (Wildman–Crippen MR) is 113 cm³/mol. The SMILES string of the molecule is [O-][S+](c1cccc(Br)c1)C1OC(CO)C(O)C(n2cc(-c3cc(F)c(F)c(F)c3)nn2)C1O. The van der Waals surface area contributed by atoms with Crippen molar-refractivity contribution in [1.82, 2.24) is 15.0 Å². The molecule has 6 atom stereocenters. The van der Waals surface area contributed by atoms with Gasteiger partial charge < -0.3 is 24.6 Å². The molecule has 3 aromatic rings. The Bertz CT molecular complexity index is 1130. The van der Waals surface area contributed by atoms with Crippen LogP contribution >= 0.6 is 15.9 Å². The molecule has 0 bridgehead atoms. The zero-order valence-electron chi connectivity index (χ0n) is 16.6. The molecule has 33 heavy (non-hydrogen) atoms. The number of benzene rings is 2. The Balaban J connectivity index is 1.67. The van der Waals surface area contributed by atoms with Crippen LogP contribution in [0.1, 0.15) is 6.04 Å². The molecule has 2 aromatic carbocycles. The van der Waals surface area contributed by atoms with Gasteiger partial charge in [-0.25, -0.2) is 17.9 Å². The van der Waals surface area contributed by atoms with E-state index < -0.39 is 65.0 Å². The highest BCUT2D eigenvalue weighted by atomic mass is 79.9. The van der Waals surface area contributed by atoms with Crippen molar-refractivity contribution in [2.24, 2.45) is 0 Å². The van der Waals surface area contributed by atoms with Crippen LogP contribution in [0.25, 0.3) is 11.3 Å². The molecule has 3 N–H and O–H groups in total. The van der Waals surface area contributed by atoms with Gasteiger partial charge in [0.15, 0.2) is 28.5 Å². The normalized spacial score (nSPS) is 26.4. The first-order valence-electron chi connectivity index (χ1n) is 9.56. The van der Waals surface area contributed by atoms with E-state index in [-0.39, 0.29) is 11.3 Å². The molecule has 0 spiro atoms. The van der Waals surface area contributed by atoms with Gasteiger partial charge in [-0.1, -0.05) is 27.2 Å². The van der Waals surface area contributed by atoms with E-state index in [2.05, 4.69) is 26.2 Å². The molecule has 1 aliphatic heterocycles. The van der Waals surface area contributed by atoms with Gasteiger partial charge in [0.1, 0.15) is 23.9 Å². The summed E-state index contributed by atoms with van der Waals surface area (Å²) in [6.07, 6.45) is -3.09. The number of nitrogens with zero attached hydrogens (tertiary/aromatic N) is 3. The average molecular weight is 548 g/mol. The van der Waals surface area contributed by atoms with E-state index in [0.717, 1.165) is 16.8 Å². The van der Waals surface area contributed by atoms with Crippen molar-refractivity contribution in [3.05, 3.63) is 64.5 Å². The van der Waals surface area contributed by atoms with Gasteiger partial charge in [0, 0.05) is 27.3 Å². The summed E-state index contributed by atoms with van der Waals surface area (Å²) in [5, 5.41) is 38.9. The lowest BCUT2D eigenvalue weighted by Crippen LogP contribution is -2.58. The number of aromatic nitrogens is 3. The van der Waals surface area contributed by atoms with Crippen LogP contribution in [0.5, 0.6) is 0 Å². The van der Waals surface area contributed by atoms with Crippen LogP contribution in [-0.4, -0.2) is 65.2 Å². The van der Waals surface area contributed by atoms with Crippen molar-refractivity contribution in [2.75, 3.05) is 6.61 Å². The summed E-state index contributed by atoms with van der Waals surface area (Å²) in [6.45, 7) is -0.646. The Hall–Kier alpha value is -2.00. The number of rotatable bonds is 5. The van der Waals surface area contributed by atoms with Crippen LogP contribution in [0.2, 0.25) is 0 Å². The fraction of sp³-hybridized carbons (Fsp3) is 0.300. The van der Waals surface area contributed by atoms with Gasteiger partial charge in [0.25, 0.3) is 0 Å². The van der Waals surface area contributed by atoms with Gasteiger partial charge >= 0.3 is 0 Å². The molecule has 1 aromatic heterocycles. The lowest BCUT2D eigenvalue weighted by atomic mass is 9.97. The van der Waals surface area contributed by atoms with Crippen molar-refractivity contribution in [1.29, 1.82) is 0 Å². The van der Waals surface area contributed by atoms with E-state index in [1.165, 1.54) is 6.20 Å². The number of hydrogen-bond donors (Lipinski definition) is 3. The van der Waals surface area contributed by atoms with Crippen molar-refractivity contribution < 1.29 is 37.8 Å². The number of hydrogen-bond acceptors (Lipinski definition) is 7. The summed E-state index contributed by atoms with van der Waals surface area (Å²) in [5.74, 6) is -4.48. The number of aliphatic hydroxyl groups excluding tert-OH is 3. The van der Waals surface area contributed by atoms with Crippen LogP contribution in [0.15, 0.2) is 52.0 Å². The number of halogens is 4. The maximum absolute atomic E-state index is 13.6. The molecule has 13 heteroatoms. The summed E-state index contributed by atoms with van der Waals surface area (Å²) in [7, 11) is 0. The summed E-state index contributed by atoms with van der Waals surface area (Å²) in [4.78, 5) is 0.330. The molecule has 176 valence electrons. The van der Waals surface area contributed by atoms with E-state index in [0.29, 0.717) is 9.37 Å². The first-order valence-corrected chi connectivity index (χ1v) is 11.6. The molecule has 8 nitrogen and oxygen atoms in total. The Morgan fingerprint density at radius 2 is 1.82 bits per heavy atom. The van der Waals surface area contributed by atoms with Gasteiger partial charge in [-0.15, -0.1) is 5.10 Å². The maximum atomic E-state index is 13.6. The first kappa shape index (κ1) is 24.1. The zero-order valence-corrected chi connectivity index (χ0v) is 19.0. The molecule has 0 amide bonds. The van der Waals surface area contributed by atoms with Gasteiger partial charge in [-0.2, -0.15) is 0 Å².